The second-order valence-corrected chi connectivity index (χ2v) is 0. The van der Waals surface area contributed by atoms with E-state index in [0.717, 1.165) is 0 Å². The van der Waals surface area contributed by atoms with Gasteiger partial charge in [-0.1, -0.05) is 0 Å². The molecule has 0 saturated carbocycles. The Kier molecular flexibility index (Phi) is 913. The Bertz CT molecular complexity index is 0. The van der Waals surface area contributed by atoms with Gasteiger partial charge in [0.1, 0.15) is 0 Å². The predicted octanol–water partition coefficient (Wildman–Crippen LogP) is -0.0300. The first kappa shape index (κ1) is 113. The summed E-state index contributed by atoms with van der Waals surface area (Å²) in [6, 6.07) is 0. The average Bonchev–Trinajstić information content (AvgIpc) is 0. The van der Waals surface area contributed by atoms with Gasteiger partial charge in [-0.3, -0.25) is 0 Å². The average molecular weight is 1280 g/mol. The molecule has 0 spiro atoms. The summed E-state index contributed by atoms with van der Waals surface area (Å²) in [5.41, 5.74) is 0. The third-order valence-electron chi connectivity index (χ3n) is 0. The molecule has 0 saturated heterocycles. The zero-order chi connectivity index (χ0) is 0. The summed E-state index contributed by atoms with van der Waals surface area (Å²) in [5, 5.41) is 0. The van der Waals surface area contributed by atoms with Gasteiger partial charge < -0.3 is 0 Å². The maximum absolute atomic E-state index is 0. The van der Waals surface area contributed by atoms with Gasteiger partial charge in [0.2, 0.25) is 0 Å². The topological polar surface area (TPSA) is 0 Å². The van der Waals surface area contributed by atoms with Crippen molar-refractivity contribution in [2.75, 3.05) is 0 Å². The van der Waals surface area contributed by atoms with Crippen LogP contribution in [0.5, 0.6) is 0 Å². The van der Waals surface area contributed by atoms with Crippen LogP contribution in [0.25, 0.3) is 0 Å². The Morgan fingerprint density at radius 1 is 0.0833 bits per heavy atom. The van der Waals surface area contributed by atoms with Crippen LogP contribution in [-0.2, 0) is 245 Å². The van der Waals surface area contributed by atoms with Crippen LogP contribution in [0.15, 0.2) is 0 Å². The first-order valence-electron chi connectivity index (χ1n) is 0. The molecule has 0 heterocycles. The number of hydrogen-bond acceptors (Lipinski definition) is 0. The minimum Gasteiger partial charge on any atom is 0 e. The Balaban J connectivity index is 0. The molecule has 0 radical (unpaired) electrons. The van der Waals surface area contributed by atoms with Gasteiger partial charge in [-0.2, -0.15) is 0 Å². The van der Waals surface area contributed by atoms with Crippen molar-refractivity contribution in [1.29, 1.82) is 0 Å². The third-order valence-corrected chi connectivity index (χ3v) is 0. The molecular formula is Pd12. The molecule has 0 nitrogen and oxygen atoms in total. The van der Waals surface area contributed by atoms with E-state index in [2.05, 4.69) is 0 Å². The van der Waals surface area contributed by atoms with Gasteiger partial charge in [-0.05, 0) is 0 Å². The summed E-state index contributed by atoms with van der Waals surface area (Å²) in [5.74, 6) is 0. The molecule has 0 aromatic carbocycles. The Morgan fingerprint density at radius 3 is 0.0833 bits per heavy atom. The van der Waals surface area contributed by atoms with E-state index in [9.17, 15) is 0 Å². The monoisotopic (exact) mass is 1270 g/mol. The fourth-order valence-corrected chi connectivity index (χ4v) is 0. The summed E-state index contributed by atoms with van der Waals surface area (Å²) in [6.07, 6.45) is 0. The molecule has 0 aliphatic heterocycles. The Labute approximate surface area is 239 Å². The second-order valence-electron chi connectivity index (χ2n) is 0. The van der Waals surface area contributed by atoms with Crippen LogP contribution in [0, 0.1) is 0 Å². The van der Waals surface area contributed by atoms with Gasteiger partial charge in [-0.15, -0.1) is 0 Å². The van der Waals surface area contributed by atoms with Crippen LogP contribution in [0.2, 0.25) is 0 Å². The summed E-state index contributed by atoms with van der Waals surface area (Å²) in [7, 11) is 0. The van der Waals surface area contributed by atoms with Crippen molar-refractivity contribution in [3.63, 3.8) is 0 Å². The van der Waals surface area contributed by atoms with Crippen LogP contribution in [0.1, 0.15) is 0 Å². The van der Waals surface area contributed by atoms with E-state index in [4.69, 9.17) is 0 Å². The molecule has 12 heavy (non-hydrogen) atoms. The van der Waals surface area contributed by atoms with Crippen molar-refractivity contribution in [3.8, 4) is 0 Å². The maximum Gasteiger partial charge on any atom is 0 e. The van der Waals surface area contributed by atoms with Crippen LogP contribution >= 0.6 is 0 Å². The largest absolute Gasteiger partial charge is 0 e. The van der Waals surface area contributed by atoms with E-state index in [1.165, 1.54) is 0 Å². The molecule has 12 heteroatoms. The van der Waals surface area contributed by atoms with Crippen molar-refractivity contribution in [2.45, 2.75) is 0 Å². The molecule has 0 fully saturated rings. The molecule has 0 rings (SSSR count). The quantitative estimate of drug-likeness (QED) is 0.300. The Morgan fingerprint density at radius 2 is 0.0833 bits per heavy atom. The molecule has 0 bridgehead atoms. The molecular weight excluding hydrogens is 1280 g/mol. The SMILES string of the molecule is [Pd].[Pd].[Pd].[Pd].[Pd].[Pd].[Pd].[Pd].[Pd].[Pd].[Pd].[Pd]. The molecule has 0 unspecified atom stereocenters. The fourth-order valence-electron chi connectivity index (χ4n) is 0. The van der Waals surface area contributed by atoms with E-state index in [-0.39, 0.29) is 245 Å². The Hall–Kier alpha value is 7.95. The van der Waals surface area contributed by atoms with E-state index >= 15 is 0 Å². The molecule has 0 amide bonds. The molecule has 0 aliphatic carbocycles. The molecule has 0 N–H and O–H groups in total. The smallest absolute Gasteiger partial charge is 0 e. The number of hydrogen-bond donors (Lipinski definition) is 0. The standard InChI is InChI=1S/12Pd. The minimum atomic E-state index is 0. The van der Waals surface area contributed by atoms with Crippen LogP contribution < -0.4 is 0 Å². The van der Waals surface area contributed by atoms with Crippen LogP contribution in [0.3, 0.4) is 0 Å². The third kappa shape index (κ3) is 81.6. The van der Waals surface area contributed by atoms with E-state index in [1.807, 2.05) is 0 Å². The van der Waals surface area contributed by atoms with Gasteiger partial charge in [0.15, 0.2) is 0 Å². The van der Waals surface area contributed by atoms with E-state index in [1.54, 1.807) is 0 Å². The van der Waals surface area contributed by atoms with Gasteiger partial charge >= 0.3 is 0 Å². The van der Waals surface area contributed by atoms with E-state index in [0.29, 0.717) is 0 Å². The van der Waals surface area contributed by atoms with Crippen molar-refractivity contribution < 1.29 is 245 Å². The maximum atomic E-state index is 0. The zero-order valence-corrected chi connectivity index (χ0v) is 22.4. The predicted molar refractivity (Wildman–Crippen MR) is 0 cm³/mol. The minimum absolute atomic E-state index is 0. The van der Waals surface area contributed by atoms with Crippen molar-refractivity contribution in [3.05, 3.63) is 0 Å². The van der Waals surface area contributed by atoms with Crippen molar-refractivity contribution in [1.82, 2.24) is 0 Å². The summed E-state index contributed by atoms with van der Waals surface area (Å²) < 4.78 is 0. The normalized spacial score (nSPS) is 0. The van der Waals surface area contributed by atoms with Gasteiger partial charge in [0, 0.05) is 245 Å². The van der Waals surface area contributed by atoms with Crippen LogP contribution in [-0.4, -0.2) is 0 Å². The molecule has 0 aliphatic rings. The van der Waals surface area contributed by atoms with Gasteiger partial charge in [-0.25, -0.2) is 0 Å². The first-order chi connectivity index (χ1) is 0. The number of rotatable bonds is 0. The van der Waals surface area contributed by atoms with Crippen molar-refractivity contribution in [2.24, 2.45) is 0 Å². The van der Waals surface area contributed by atoms with Crippen LogP contribution in [0.4, 0.5) is 0 Å². The molecule has 0 aromatic rings. The zero-order valence-electron chi connectivity index (χ0n) is 3.79. The van der Waals surface area contributed by atoms with Crippen molar-refractivity contribution >= 4 is 0 Å². The second kappa shape index (κ2) is 96.6. The van der Waals surface area contributed by atoms with E-state index < -0.39 is 0 Å². The first-order valence-corrected chi connectivity index (χ1v) is 0. The fraction of sp³-hybridized carbons (Fsp3) is 0. The molecule has 0 aromatic heterocycles. The summed E-state index contributed by atoms with van der Waals surface area (Å²) >= 11 is 0. The summed E-state index contributed by atoms with van der Waals surface area (Å²) in [6.45, 7) is 0. The summed E-state index contributed by atoms with van der Waals surface area (Å²) in [4.78, 5) is 0. The van der Waals surface area contributed by atoms with Gasteiger partial charge in [0.25, 0.3) is 0 Å². The van der Waals surface area contributed by atoms with Gasteiger partial charge in [0.05, 0.1) is 0 Å². The molecule has 120 valence electrons. The molecule has 0 atom stereocenters.